The normalized spacial score (nSPS) is 9.22. The van der Waals surface area contributed by atoms with Crippen LogP contribution in [-0.2, 0) is 0 Å². The molecule has 0 unspecified atom stereocenters. The first kappa shape index (κ1) is 53.9. The summed E-state index contributed by atoms with van der Waals surface area (Å²) in [5.41, 5.74) is 12.4. The van der Waals surface area contributed by atoms with E-state index in [2.05, 4.69) is 70.2 Å². The highest BCUT2D eigenvalue weighted by Gasteiger charge is 1.94. The van der Waals surface area contributed by atoms with E-state index < -0.39 is 0 Å². The Balaban J connectivity index is 0.000000664. The Labute approximate surface area is 364 Å². The molecule has 0 saturated heterocycles. The van der Waals surface area contributed by atoms with Crippen LogP contribution in [0.3, 0.4) is 0 Å². The fraction of sp³-hybridized carbons (Fsp3) is 0.222. The van der Waals surface area contributed by atoms with Crippen molar-refractivity contribution in [3.63, 3.8) is 0 Å². The number of aryl methyl sites for hydroxylation is 11. The molecule has 0 amide bonds. The minimum Gasteiger partial charge on any atom is -0.207 e. The van der Waals surface area contributed by atoms with Crippen LogP contribution in [-0.4, -0.2) is 0 Å². The summed E-state index contributed by atoms with van der Waals surface area (Å²) in [6.45, 7) is 21.8. The van der Waals surface area contributed by atoms with Crippen molar-refractivity contribution in [1.82, 2.24) is 0 Å². The van der Waals surface area contributed by atoms with Crippen LogP contribution < -0.4 is 0 Å². The average Bonchev–Trinajstić information content (AvgIpc) is 3.17. The van der Waals surface area contributed by atoms with Gasteiger partial charge in [-0.25, -0.2) is 13.2 Å². The predicted octanol–water partition coefficient (Wildman–Crippen LogP) is 17.6. The van der Waals surface area contributed by atoms with Gasteiger partial charge in [0.15, 0.2) is 0 Å². The third kappa shape index (κ3) is 26.5. The lowest BCUT2D eigenvalue weighted by atomic mass is 10.1. The van der Waals surface area contributed by atoms with E-state index in [1.807, 2.05) is 101 Å². The summed E-state index contributed by atoms with van der Waals surface area (Å²) in [5.74, 6) is -0.420. The van der Waals surface area contributed by atoms with E-state index in [4.69, 9.17) is 23.2 Å². The fourth-order valence-corrected chi connectivity index (χ4v) is 5.04. The summed E-state index contributed by atoms with van der Waals surface area (Å²) < 4.78 is 37.1. The molecular formula is C54H63Cl2F3. The van der Waals surface area contributed by atoms with Crippen molar-refractivity contribution < 1.29 is 13.2 Å². The van der Waals surface area contributed by atoms with E-state index in [0.717, 1.165) is 43.4 Å². The van der Waals surface area contributed by atoms with Gasteiger partial charge in [0.2, 0.25) is 0 Å². The van der Waals surface area contributed by atoms with Gasteiger partial charge in [0.1, 0.15) is 17.5 Å². The number of halogens is 5. The molecule has 0 saturated carbocycles. The molecule has 7 aromatic rings. The van der Waals surface area contributed by atoms with Crippen LogP contribution in [0, 0.1) is 93.6 Å². The highest BCUT2D eigenvalue weighted by atomic mass is 35.5. The van der Waals surface area contributed by atoms with Crippen molar-refractivity contribution >= 4 is 23.2 Å². The van der Waals surface area contributed by atoms with Gasteiger partial charge in [0.05, 0.1) is 0 Å². The summed E-state index contributed by atoms with van der Waals surface area (Å²) in [6, 6.07) is 49.0. The summed E-state index contributed by atoms with van der Waals surface area (Å²) in [7, 11) is 0. The maximum Gasteiger partial charge on any atom is 0.126 e. The third-order valence-electron chi connectivity index (χ3n) is 8.08. The third-order valence-corrected chi connectivity index (χ3v) is 8.75. The van der Waals surface area contributed by atoms with E-state index >= 15 is 0 Å². The molecule has 59 heavy (non-hydrogen) atoms. The molecule has 0 aliphatic rings. The Morgan fingerprint density at radius 1 is 0.305 bits per heavy atom. The van der Waals surface area contributed by atoms with Gasteiger partial charge in [0, 0.05) is 10.0 Å². The quantitative estimate of drug-likeness (QED) is 0.143. The number of hydrogen-bond acceptors (Lipinski definition) is 0. The lowest BCUT2D eigenvalue weighted by Crippen LogP contribution is -1.81. The summed E-state index contributed by atoms with van der Waals surface area (Å²) >= 11 is 11.4. The van der Waals surface area contributed by atoms with Gasteiger partial charge in [-0.3, -0.25) is 0 Å². The first-order chi connectivity index (χ1) is 27.4. The molecule has 0 radical (unpaired) electrons. The molecule has 0 fully saturated rings. The average molecular weight is 840 g/mol. The maximum atomic E-state index is 12.5. The Kier molecular flexibility index (Phi) is 27.4. The predicted molar refractivity (Wildman–Crippen MR) is 254 cm³/mol. The van der Waals surface area contributed by atoms with Crippen LogP contribution >= 0.6 is 23.2 Å². The second kappa shape index (κ2) is 30.0. The Morgan fingerprint density at radius 3 is 0.898 bits per heavy atom. The molecular weight excluding hydrogens is 776 g/mol. The zero-order valence-electron chi connectivity index (χ0n) is 35.9. The molecule has 7 aromatic carbocycles. The topological polar surface area (TPSA) is 0 Å². The van der Waals surface area contributed by atoms with Gasteiger partial charge in [0.25, 0.3) is 0 Å². The molecule has 0 N–H and O–H groups in total. The van der Waals surface area contributed by atoms with Crippen LogP contribution in [0.15, 0.2) is 158 Å². The smallest absolute Gasteiger partial charge is 0.126 e. The van der Waals surface area contributed by atoms with Crippen molar-refractivity contribution in [1.29, 1.82) is 0 Å². The fourth-order valence-electron chi connectivity index (χ4n) is 4.79. The zero-order valence-corrected chi connectivity index (χ0v) is 37.4. The molecule has 0 aromatic heterocycles. The first-order valence-electron chi connectivity index (χ1n) is 19.0. The first-order valence-corrected chi connectivity index (χ1v) is 19.8. The molecule has 5 heteroatoms. The van der Waals surface area contributed by atoms with E-state index in [0.29, 0.717) is 0 Å². The second-order valence-corrected chi connectivity index (χ2v) is 15.0. The van der Waals surface area contributed by atoms with Gasteiger partial charge in [-0.2, -0.15) is 0 Å². The Hall–Kier alpha value is -5.09. The largest absolute Gasteiger partial charge is 0.207 e. The van der Waals surface area contributed by atoms with Gasteiger partial charge in [-0.05, 0) is 135 Å². The van der Waals surface area contributed by atoms with Gasteiger partial charge in [-0.1, -0.05) is 190 Å². The zero-order chi connectivity index (χ0) is 43.6. The van der Waals surface area contributed by atoms with E-state index in [9.17, 15) is 13.2 Å². The molecule has 0 heterocycles. The van der Waals surface area contributed by atoms with E-state index in [1.54, 1.807) is 38.1 Å². The van der Waals surface area contributed by atoms with Crippen molar-refractivity contribution in [3.8, 4) is 0 Å². The highest BCUT2D eigenvalue weighted by molar-refractivity contribution is 6.31. The van der Waals surface area contributed by atoms with E-state index in [1.165, 1.54) is 52.1 Å². The van der Waals surface area contributed by atoms with Gasteiger partial charge in [-0.15, -0.1) is 0 Å². The standard InChI is InChI=1S/C8H9Cl.2C8H9F.C8H10.C7H7Cl.C7H7F.C7H8.CH4/c3*1-6-3-4-8(9)7(2)5-6;1-7-4-3-5-8(2)6-7;2*1-6-2-4-7(8)5-3-6;1-7-5-3-2-4-6-7;/h3*3-5H,1-2H3;3-6H,1-2H3;2*2-5H,1H3;2-6H,1H3;1H4. The number of benzene rings is 7. The van der Waals surface area contributed by atoms with Gasteiger partial charge >= 0.3 is 0 Å². The second-order valence-electron chi connectivity index (χ2n) is 14.2. The van der Waals surface area contributed by atoms with Crippen molar-refractivity contribution in [3.05, 3.63) is 246 Å². The lowest BCUT2D eigenvalue weighted by Gasteiger charge is -1.96. The Morgan fingerprint density at radius 2 is 0.627 bits per heavy atom. The van der Waals surface area contributed by atoms with Crippen molar-refractivity contribution in [2.75, 3.05) is 0 Å². The molecule has 314 valence electrons. The number of hydrogen-bond donors (Lipinski definition) is 0. The molecule has 0 nitrogen and oxygen atoms in total. The molecule has 0 aliphatic heterocycles. The molecule has 0 atom stereocenters. The van der Waals surface area contributed by atoms with Crippen molar-refractivity contribution in [2.45, 2.75) is 83.6 Å². The summed E-state index contributed by atoms with van der Waals surface area (Å²) in [5, 5.41) is 1.65. The van der Waals surface area contributed by atoms with E-state index in [-0.39, 0.29) is 24.9 Å². The van der Waals surface area contributed by atoms with Crippen LogP contribution in [0.5, 0.6) is 0 Å². The van der Waals surface area contributed by atoms with Gasteiger partial charge < -0.3 is 0 Å². The SMILES string of the molecule is C.Cc1ccc(Cl)c(C)c1.Cc1ccc(Cl)cc1.Cc1ccc(F)c(C)c1.Cc1ccc(F)c(C)c1.Cc1ccc(F)cc1.Cc1cccc(C)c1.Cc1ccccc1. The minimum absolute atomic E-state index is 0. The highest BCUT2D eigenvalue weighted by Crippen LogP contribution is 2.15. The Bertz CT molecular complexity index is 1960. The summed E-state index contributed by atoms with van der Waals surface area (Å²) in [4.78, 5) is 0. The van der Waals surface area contributed by atoms with Crippen LogP contribution in [0.2, 0.25) is 10.0 Å². The molecule has 0 spiro atoms. The van der Waals surface area contributed by atoms with Crippen LogP contribution in [0.1, 0.15) is 68.6 Å². The lowest BCUT2D eigenvalue weighted by molar-refractivity contribution is 0.617. The monoisotopic (exact) mass is 838 g/mol. The summed E-state index contributed by atoms with van der Waals surface area (Å²) in [6.07, 6.45) is 0. The van der Waals surface area contributed by atoms with Crippen LogP contribution in [0.4, 0.5) is 13.2 Å². The molecule has 7 rings (SSSR count). The molecule has 0 bridgehead atoms. The maximum absolute atomic E-state index is 12.5. The minimum atomic E-state index is -0.171. The van der Waals surface area contributed by atoms with Crippen LogP contribution in [0.25, 0.3) is 0 Å². The van der Waals surface area contributed by atoms with Crippen molar-refractivity contribution in [2.24, 2.45) is 0 Å². The molecule has 0 aliphatic carbocycles. The number of rotatable bonds is 0.